The van der Waals surface area contributed by atoms with Crippen LogP contribution in [0.1, 0.15) is 11.3 Å². The maximum Gasteiger partial charge on any atom is 0.274 e. The van der Waals surface area contributed by atoms with Gasteiger partial charge >= 0.3 is 0 Å². The number of benzene rings is 1. The van der Waals surface area contributed by atoms with Gasteiger partial charge in [-0.1, -0.05) is 17.7 Å². The summed E-state index contributed by atoms with van der Waals surface area (Å²) in [6.07, 6.45) is 0. The van der Waals surface area contributed by atoms with Gasteiger partial charge in [0, 0.05) is 17.8 Å². The number of nitrogens with one attached hydrogen (secondary N) is 1. The molecule has 0 radical (unpaired) electrons. The average Bonchev–Trinajstić information content (AvgIpc) is 2.46. The van der Waals surface area contributed by atoms with Crippen LogP contribution in [-0.2, 0) is 7.05 Å². The minimum Gasteiger partial charge on any atom is -0.300 e. The van der Waals surface area contributed by atoms with E-state index in [0.717, 1.165) is 16.8 Å². The van der Waals surface area contributed by atoms with E-state index in [0.29, 0.717) is 10.6 Å². The molecule has 0 saturated heterocycles. The molecule has 1 heterocycles. The minimum atomic E-state index is -0.0251. The number of H-pyrrole nitrogens is 1. The van der Waals surface area contributed by atoms with Crippen molar-refractivity contribution < 1.29 is 0 Å². The molecule has 16 heavy (non-hydrogen) atoms. The van der Waals surface area contributed by atoms with Crippen molar-refractivity contribution in [2.24, 2.45) is 7.05 Å². The van der Waals surface area contributed by atoms with E-state index >= 15 is 0 Å². The van der Waals surface area contributed by atoms with E-state index in [1.807, 2.05) is 32.0 Å². The SMILES string of the molecule is Cc1ccc(Cl)cc1-c1c(C)[nH]n(C)c1=O. The third-order valence-corrected chi connectivity index (χ3v) is 2.93. The van der Waals surface area contributed by atoms with Crippen LogP contribution in [0.25, 0.3) is 11.1 Å². The van der Waals surface area contributed by atoms with Crippen molar-refractivity contribution >= 4 is 11.6 Å². The van der Waals surface area contributed by atoms with E-state index < -0.39 is 0 Å². The Morgan fingerprint density at radius 1 is 1.31 bits per heavy atom. The van der Waals surface area contributed by atoms with E-state index in [4.69, 9.17) is 11.6 Å². The number of aromatic amines is 1. The maximum atomic E-state index is 11.9. The number of aromatic nitrogens is 2. The third-order valence-electron chi connectivity index (χ3n) is 2.70. The van der Waals surface area contributed by atoms with Crippen molar-refractivity contribution in [1.29, 1.82) is 0 Å². The second-order valence-corrected chi connectivity index (χ2v) is 4.37. The third kappa shape index (κ3) is 1.67. The first-order valence-electron chi connectivity index (χ1n) is 5.03. The number of hydrogen-bond donors (Lipinski definition) is 1. The fourth-order valence-electron chi connectivity index (χ4n) is 1.87. The first kappa shape index (κ1) is 11.0. The molecule has 4 heteroatoms. The van der Waals surface area contributed by atoms with Crippen molar-refractivity contribution in [2.75, 3.05) is 0 Å². The zero-order valence-corrected chi connectivity index (χ0v) is 10.2. The zero-order chi connectivity index (χ0) is 11.9. The fraction of sp³-hybridized carbons (Fsp3) is 0.250. The van der Waals surface area contributed by atoms with Gasteiger partial charge in [-0.2, -0.15) is 0 Å². The summed E-state index contributed by atoms with van der Waals surface area (Å²) >= 11 is 5.96. The van der Waals surface area contributed by atoms with Crippen LogP contribution in [0.4, 0.5) is 0 Å². The molecule has 0 fully saturated rings. The van der Waals surface area contributed by atoms with Gasteiger partial charge in [0.1, 0.15) is 0 Å². The van der Waals surface area contributed by atoms with Gasteiger partial charge in [0.25, 0.3) is 5.56 Å². The summed E-state index contributed by atoms with van der Waals surface area (Å²) in [7, 11) is 1.71. The Balaban J connectivity index is 2.77. The predicted octanol–water partition coefficient (Wildman–Crippen LogP) is 2.65. The molecule has 0 amide bonds. The van der Waals surface area contributed by atoms with Gasteiger partial charge in [0.05, 0.1) is 5.56 Å². The quantitative estimate of drug-likeness (QED) is 0.812. The molecule has 1 N–H and O–H groups in total. The van der Waals surface area contributed by atoms with Gasteiger partial charge in [-0.15, -0.1) is 0 Å². The number of hydrogen-bond acceptors (Lipinski definition) is 1. The number of halogens is 1. The van der Waals surface area contributed by atoms with Crippen molar-refractivity contribution in [1.82, 2.24) is 9.78 Å². The first-order chi connectivity index (χ1) is 7.50. The number of rotatable bonds is 1. The lowest BCUT2D eigenvalue weighted by molar-refractivity contribution is 0.731. The van der Waals surface area contributed by atoms with E-state index in [9.17, 15) is 4.79 Å². The smallest absolute Gasteiger partial charge is 0.274 e. The molecule has 0 bridgehead atoms. The molecule has 2 rings (SSSR count). The van der Waals surface area contributed by atoms with Crippen LogP contribution in [0, 0.1) is 13.8 Å². The summed E-state index contributed by atoms with van der Waals surface area (Å²) in [4.78, 5) is 11.9. The van der Waals surface area contributed by atoms with Crippen LogP contribution in [0.2, 0.25) is 5.02 Å². The topological polar surface area (TPSA) is 37.8 Å². The molecule has 0 aliphatic carbocycles. The summed E-state index contributed by atoms with van der Waals surface area (Å²) in [6.45, 7) is 3.86. The Bertz CT molecular complexity index is 596. The summed E-state index contributed by atoms with van der Waals surface area (Å²) in [5, 5.41) is 3.62. The summed E-state index contributed by atoms with van der Waals surface area (Å²) < 4.78 is 1.48. The Hall–Kier alpha value is -1.48. The Morgan fingerprint density at radius 3 is 2.56 bits per heavy atom. The van der Waals surface area contributed by atoms with E-state index in [-0.39, 0.29) is 5.56 Å². The molecule has 0 aliphatic rings. The second-order valence-electron chi connectivity index (χ2n) is 3.94. The minimum absolute atomic E-state index is 0.0251. The molecule has 0 saturated carbocycles. The maximum absolute atomic E-state index is 11.9. The molecule has 0 spiro atoms. The van der Waals surface area contributed by atoms with Crippen molar-refractivity contribution in [3.8, 4) is 11.1 Å². The van der Waals surface area contributed by atoms with Crippen LogP contribution in [-0.4, -0.2) is 9.78 Å². The van der Waals surface area contributed by atoms with Crippen LogP contribution in [0.15, 0.2) is 23.0 Å². The molecule has 1 aromatic heterocycles. The van der Waals surface area contributed by atoms with Crippen LogP contribution >= 0.6 is 11.6 Å². The molecular weight excluding hydrogens is 224 g/mol. The van der Waals surface area contributed by atoms with E-state index in [1.165, 1.54) is 4.68 Å². The average molecular weight is 237 g/mol. The standard InChI is InChI=1S/C12H13ClN2O/c1-7-4-5-9(13)6-10(7)11-8(2)14-15(3)12(11)16/h4-6,14H,1-3H3. The van der Waals surface area contributed by atoms with Crippen molar-refractivity contribution in [3.63, 3.8) is 0 Å². The molecule has 3 nitrogen and oxygen atoms in total. The first-order valence-corrected chi connectivity index (χ1v) is 5.40. The normalized spacial score (nSPS) is 10.8. The van der Waals surface area contributed by atoms with Gasteiger partial charge in [0.15, 0.2) is 0 Å². The van der Waals surface area contributed by atoms with Gasteiger partial charge in [-0.05, 0) is 37.1 Å². The van der Waals surface area contributed by atoms with Gasteiger partial charge in [-0.25, -0.2) is 0 Å². The lowest BCUT2D eigenvalue weighted by Crippen LogP contribution is -2.13. The van der Waals surface area contributed by atoms with E-state index in [1.54, 1.807) is 7.05 Å². The number of aryl methyl sites for hydroxylation is 3. The largest absolute Gasteiger partial charge is 0.300 e. The monoisotopic (exact) mass is 236 g/mol. The van der Waals surface area contributed by atoms with E-state index in [2.05, 4.69) is 5.10 Å². The Kier molecular flexibility index (Phi) is 2.64. The second kappa shape index (κ2) is 3.83. The van der Waals surface area contributed by atoms with Gasteiger partial charge in [0.2, 0.25) is 0 Å². The lowest BCUT2D eigenvalue weighted by atomic mass is 10.0. The molecule has 1 aromatic carbocycles. The molecule has 0 atom stereocenters. The fourth-order valence-corrected chi connectivity index (χ4v) is 2.04. The van der Waals surface area contributed by atoms with Crippen molar-refractivity contribution in [2.45, 2.75) is 13.8 Å². The molecule has 0 unspecified atom stereocenters. The van der Waals surface area contributed by atoms with Gasteiger partial charge < -0.3 is 0 Å². The summed E-state index contributed by atoms with van der Waals surface area (Å²) in [5.41, 5.74) is 3.47. The molecular formula is C12H13ClN2O. The zero-order valence-electron chi connectivity index (χ0n) is 9.47. The van der Waals surface area contributed by atoms with Crippen molar-refractivity contribution in [3.05, 3.63) is 44.8 Å². The summed E-state index contributed by atoms with van der Waals surface area (Å²) in [6, 6.07) is 5.57. The molecule has 2 aromatic rings. The molecule has 84 valence electrons. The number of nitrogens with zero attached hydrogens (tertiary/aromatic N) is 1. The highest BCUT2D eigenvalue weighted by molar-refractivity contribution is 6.30. The highest BCUT2D eigenvalue weighted by Gasteiger charge is 2.13. The lowest BCUT2D eigenvalue weighted by Gasteiger charge is -2.04. The highest BCUT2D eigenvalue weighted by Crippen LogP contribution is 2.25. The van der Waals surface area contributed by atoms with Crippen LogP contribution in [0.3, 0.4) is 0 Å². The Morgan fingerprint density at radius 2 is 2.00 bits per heavy atom. The predicted molar refractivity (Wildman–Crippen MR) is 66.0 cm³/mol. The Labute approximate surface area is 98.7 Å². The van der Waals surface area contributed by atoms with Gasteiger partial charge in [-0.3, -0.25) is 14.6 Å². The molecule has 0 aliphatic heterocycles. The van der Waals surface area contributed by atoms with Crippen LogP contribution in [0.5, 0.6) is 0 Å². The highest BCUT2D eigenvalue weighted by atomic mass is 35.5. The summed E-state index contributed by atoms with van der Waals surface area (Å²) in [5.74, 6) is 0. The van der Waals surface area contributed by atoms with Crippen LogP contribution < -0.4 is 5.56 Å².